The lowest BCUT2D eigenvalue weighted by atomic mass is 10.2. The summed E-state index contributed by atoms with van der Waals surface area (Å²) in [6.45, 7) is 4.55. The number of benzene rings is 1. The minimum absolute atomic E-state index is 0.106. The third-order valence-corrected chi connectivity index (χ3v) is 7.29. The highest BCUT2D eigenvalue weighted by atomic mass is 32.2. The average Bonchev–Trinajstić information content (AvgIpc) is 3.27. The molecule has 2 atom stereocenters. The van der Waals surface area contributed by atoms with Crippen molar-refractivity contribution in [1.82, 2.24) is 19.0 Å². The number of morpholine rings is 1. The van der Waals surface area contributed by atoms with Gasteiger partial charge in [-0.05, 0) is 32.0 Å². The molecule has 0 aliphatic carbocycles. The van der Waals surface area contributed by atoms with E-state index in [1.807, 2.05) is 36.0 Å². The molecule has 1 fully saturated rings. The van der Waals surface area contributed by atoms with Crippen LogP contribution in [0.25, 0.3) is 4.96 Å². The molecule has 1 aliphatic heterocycles. The van der Waals surface area contributed by atoms with Gasteiger partial charge >= 0.3 is 0 Å². The van der Waals surface area contributed by atoms with Crippen molar-refractivity contribution in [3.63, 3.8) is 0 Å². The maximum absolute atomic E-state index is 13.0. The molecular weight excluding hydrogens is 412 g/mol. The number of amides is 1. The fourth-order valence-corrected chi connectivity index (χ4v) is 5.76. The Morgan fingerprint density at radius 3 is 2.79 bits per heavy atom. The SMILES string of the molecule is CC1CN(S(=O)(=O)c2cccc(C(=O)NCc3cn4ccsc4n3)c2)CC(C)O1. The van der Waals surface area contributed by atoms with Gasteiger partial charge in [-0.2, -0.15) is 4.31 Å². The van der Waals surface area contributed by atoms with Crippen LogP contribution in [-0.4, -0.2) is 53.3 Å². The van der Waals surface area contributed by atoms with Gasteiger partial charge < -0.3 is 10.1 Å². The molecule has 0 saturated carbocycles. The second-order valence-corrected chi connectivity index (χ2v) is 9.93. The molecule has 3 heterocycles. The van der Waals surface area contributed by atoms with Crippen LogP contribution in [0.2, 0.25) is 0 Å². The summed E-state index contributed by atoms with van der Waals surface area (Å²) in [7, 11) is -3.70. The van der Waals surface area contributed by atoms with Crippen molar-refractivity contribution in [2.75, 3.05) is 13.1 Å². The minimum Gasteiger partial charge on any atom is -0.373 e. The molecule has 1 saturated heterocycles. The second kappa shape index (κ2) is 7.86. The third kappa shape index (κ3) is 4.20. The Kier molecular flexibility index (Phi) is 5.43. The summed E-state index contributed by atoms with van der Waals surface area (Å²) in [6.07, 6.45) is 3.41. The zero-order chi connectivity index (χ0) is 20.6. The molecule has 1 amide bonds. The number of aromatic nitrogens is 2. The van der Waals surface area contributed by atoms with Crippen LogP contribution in [0, 0.1) is 0 Å². The number of ether oxygens (including phenoxy) is 1. The van der Waals surface area contributed by atoms with E-state index in [2.05, 4.69) is 10.3 Å². The van der Waals surface area contributed by atoms with Gasteiger partial charge in [-0.25, -0.2) is 13.4 Å². The smallest absolute Gasteiger partial charge is 0.251 e. The molecule has 4 rings (SSSR count). The lowest BCUT2D eigenvalue weighted by molar-refractivity contribution is -0.0440. The number of rotatable bonds is 5. The zero-order valence-electron chi connectivity index (χ0n) is 16.1. The first-order valence-electron chi connectivity index (χ1n) is 9.28. The molecule has 154 valence electrons. The molecule has 29 heavy (non-hydrogen) atoms. The highest BCUT2D eigenvalue weighted by molar-refractivity contribution is 7.89. The van der Waals surface area contributed by atoms with Gasteiger partial charge in [0.1, 0.15) is 0 Å². The van der Waals surface area contributed by atoms with Crippen molar-refractivity contribution in [2.24, 2.45) is 0 Å². The van der Waals surface area contributed by atoms with Crippen molar-refractivity contribution >= 4 is 32.2 Å². The van der Waals surface area contributed by atoms with Crippen LogP contribution >= 0.6 is 11.3 Å². The number of fused-ring (bicyclic) bond motifs is 1. The summed E-state index contributed by atoms with van der Waals surface area (Å²) in [5.74, 6) is -0.345. The van der Waals surface area contributed by atoms with Crippen molar-refractivity contribution in [2.45, 2.75) is 37.5 Å². The summed E-state index contributed by atoms with van der Waals surface area (Å²) in [5.41, 5.74) is 1.03. The normalized spacial score (nSPS) is 20.8. The van der Waals surface area contributed by atoms with Gasteiger partial charge in [0, 0.05) is 36.4 Å². The largest absolute Gasteiger partial charge is 0.373 e. The number of sulfonamides is 1. The standard InChI is InChI=1S/C19H22N4O4S2/c1-13-10-23(11-14(2)27-13)29(25,26)17-5-3-4-15(8-17)18(24)20-9-16-12-22-6-7-28-19(22)21-16/h3-8,12-14H,9-11H2,1-2H3,(H,20,24). The molecule has 10 heteroatoms. The van der Waals surface area contributed by atoms with E-state index < -0.39 is 10.0 Å². The number of carbonyl (C=O) groups is 1. The van der Waals surface area contributed by atoms with Crippen LogP contribution in [0.5, 0.6) is 0 Å². The molecule has 0 bridgehead atoms. The van der Waals surface area contributed by atoms with Crippen LogP contribution in [0.1, 0.15) is 29.9 Å². The first-order valence-corrected chi connectivity index (χ1v) is 11.6. The number of nitrogens with zero attached hydrogens (tertiary/aromatic N) is 3. The number of hydrogen-bond acceptors (Lipinski definition) is 6. The second-order valence-electron chi connectivity index (χ2n) is 7.11. The molecule has 0 spiro atoms. The van der Waals surface area contributed by atoms with Gasteiger partial charge in [-0.1, -0.05) is 6.07 Å². The van der Waals surface area contributed by atoms with Crippen molar-refractivity contribution < 1.29 is 17.9 Å². The summed E-state index contributed by atoms with van der Waals surface area (Å²) in [4.78, 5) is 17.9. The number of thiazole rings is 1. The van der Waals surface area contributed by atoms with Gasteiger partial charge in [0.2, 0.25) is 10.0 Å². The van der Waals surface area contributed by atoms with Crippen molar-refractivity contribution in [1.29, 1.82) is 0 Å². The molecular formula is C19H22N4O4S2. The molecule has 8 nitrogen and oxygen atoms in total. The number of imidazole rings is 1. The fourth-order valence-electron chi connectivity index (χ4n) is 3.41. The summed E-state index contributed by atoms with van der Waals surface area (Å²) in [5, 5.41) is 4.74. The first-order chi connectivity index (χ1) is 13.8. The Bertz CT molecular complexity index is 1100. The Hall–Kier alpha value is -2.27. The molecule has 1 aromatic carbocycles. The highest BCUT2D eigenvalue weighted by Gasteiger charge is 2.32. The summed E-state index contributed by atoms with van der Waals surface area (Å²) >= 11 is 1.52. The Morgan fingerprint density at radius 1 is 1.31 bits per heavy atom. The van der Waals surface area contributed by atoms with Gasteiger partial charge in [0.25, 0.3) is 5.91 Å². The zero-order valence-corrected chi connectivity index (χ0v) is 17.7. The van der Waals surface area contributed by atoms with E-state index in [9.17, 15) is 13.2 Å². The monoisotopic (exact) mass is 434 g/mol. The van der Waals surface area contributed by atoms with Crippen molar-refractivity contribution in [3.8, 4) is 0 Å². The van der Waals surface area contributed by atoms with E-state index in [1.54, 1.807) is 12.1 Å². The Labute approximate surface area is 173 Å². The van der Waals surface area contributed by atoms with E-state index in [0.29, 0.717) is 18.7 Å². The number of carbonyl (C=O) groups excluding carboxylic acids is 1. The van der Waals surface area contributed by atoms with Gasteiger partial charge in [-0.15, -0.1) is 11.3 Å². The van der Waals surface area contributed by atoms with Crippen LogP contribution in [0.4, 0.5) is 0 Å². The highest BCUT2D eigenvalue weighted by Crippen LogP contribution is 2.22. The molecule has 0 radical (unpaired) electrons. The first kappa shape index (κ1) is 20.0. The van der Waals surface area contributed by atoms with Crippen LogP contribution < -0.4 is 5.32 Å². The lowest BCUT2D eigenvalue weighted by Gasteiger charge is -2.34. The van der Waals surface area contributed by atoms with E-state index in [4.69, 9.17) is 4.74 Å². The number of hydrogen-bond donors (Lipinski definition) is 1. The molecule has 1 aliphatic rings. The van der Waals surface area contributed by atoms with E-state index in [-0.39, 0.29) is 29.6 Å². The fraction of sp³-hybridized carbons (Fsp3) is 0.368. The maximum Gasteiger partial charge on any atom is 0.251 e. The van der Waals surface area contributed by atoms with Crippen LogP contribution in [0.15, 0.2) is 46.9 Å². The minimum atomic E-state index is -3.70. The molecule has 1 N–H and O–H groups in total. The van der Waals surface area contributed by atoms with E-state index in [0.717, 1.165) is 10.7 Å². The summed E-state index contributed by atoms with van der Waals surface area (Å²) < 4.78 is 35.0. The number of nitrogens with one attached hydrogen (secondary N) is 1. The van der Waals surface area contributed by atoms with Gasteiger partial charge in [0.15, 0.2) is 4.96 Å². The maximum atomic E-state index is 13.0. The van der Waals surface area contributed by atoms with Crippen LogP contribution in [-0.2, 0) is 21.3 Å². The van der Waals surface area contributed by atoms with Gasteiger partial charge in [0.05, 0.1) is 29.3 Å². The third-order valence-electron chi connectivity index (χ3n) is 4.69. The predicted octanol–water partition coefficient (Wildman–Crippen LogP) is 2.12. The average molecular weight is 435 g/mol. The predicted molar refractivity (Wildman–Crippen MR) is 109 cm³/mol. The van der Waals surface area contributed by atoms with E-state index in [1.165, 1.54) is 27.8 Å². The Morgan fingerprint density at radius 2 is 2.07 bits per heavy atom. The quantitative estimate of drug-likeness (QED) is 0.664. The molecule has 2 unspecified atom stereocenters. The molecule has 3 aromatic rings. The van der Waals surface area contributed by atoms with Crippen molar-refractivity contribution in [3.05, 3.63) is 53.3 Å². The molecule has 2 aromatic heterocycles. The Balaban J connectivity index is 1.48. The topological polar surface area (TPSA) is 93.0 Å². The van der Waals surface area contributed by atoms with Crippen LogP contribution in [0.3, 0.4) is 0 Å². The van der Waals surface area contributed by atoms with E-state index >= 15 is 0 Å². The lowest BCUT2D eigenvalue weighted by Crippen LogP contribution is -2.48. The van der Waals surface area contributed by atoms with Gasteiger partial charge in [-0.3, -0.25) is 9.20 Å². The summed E-state index contributed by atoms with van der Waals surface area (Å²) in [6, 6.07) is 6.12.